The predicted molar refractivity (Wildman–Crippen MR) is 119 cm³/mol. The Bertz CT molecular complexity index is 681. The summed E-state index contributed by atoms with van der Waals surface area (Å²) in [7, 11) is 0. The van der Waals surface area contributed by atoms with Gasteiger partial charge in [-0.15, -0.1) is 46.7 Å². The highest BCUT2D eigenvalue weighted by molar-refractivity contribution is 14.0. The first-order chi connectivity index (χ1) is 11.3. The number of rotatable bonds is 5. The number of aryl methyl sites for hydroxylation is 2. The van der Waals surface area contributed by atoms with Gasteiger partial charge in [-0.05, 0) is 20.8 Å². The van der Waals surface area contributed by atoms with E-state index in [1.54, 1.807) is 22.7 Å². The van der Waals surface area contributed by atoms with Gasteiger partial charge in [0.2, 0.25) is 0 Å². The van der Waals surface area contributed by atoms with Crippen molar-refractivity contribution in [3.63, 3.8) is 0 Å². The highest BCUT2D eigenvalue weighted by Crippen LogP contribution is 2.23. The summed E-state index contributed by atoms with van der Waals surface area (Å²) < 4.78 is 0. The summed E-state index contributed by atoms with van der Waals surface area (Å²) in [5, 5.41) is 10.9. The Balaban J connectivity index is 0.00000312. The summed E-state index contributed by atoms with van der Waals surface area (Å²) in [6.45, 7) is 14.9. The van der Waals surface area contributed by atoms with E-state index in [9.17, 15) is 0 Å². The number of aliphatic imine (C=N–C) groups is 1. The molecule has 8 heteroatoms. The van der Waals surface area contributed by atoms with Crippen LogP contribution in [0, 0.1) is 13.8 Å². The maximum Gasteiger partial charge on any atom is 0.192 e. The first-order valence-electron chi connectivity index (χ1n) is 8.19. The molecule has 2 heterocycles. The molecule has 0 spiro atoms. The summed E-state index contributed by atoms with van der Waals surface area (Å²) in [6, 6.07) is 0. The molecule has 0 saturated carbocycles. The molecule has 0 fully saturated rings. The van der Waals surface area contributed by atoms with E-state index in [2.05, 4.69) is 60.6 Å². The number of aromatic nitrogens is 2. The fourth-order valence-corrected chi connectivity index (χ4v) is 3.81. The second-order valence-corrected chi connectivity index (χ2v) is 8.90. The Labute approximate surface area is 175 Å². The summed E-state index contributed by atoms with van der Waals surface area (Å²) >= 11 is 3.40. The molecule has 0 saturated heterocycles. The molecule has 5 nitrogen and oxygen atoms in total. The fourth-order valence-electron chi connectivity index (χ4n) is 1.99. The molecule has 0 unspecified atom stereocenters. The van der Waals surface area contributed by atoms with Crippen LogP contribution < -0.4 is 10.6 Å². The van der Waals surface area contributed by atoms with Crippen molar-refractivity contribution in [1.82, 2.24) is 20.6 Å². The molecule has 2 N–H and O–H groups in total. The van der Waals surface area contributed by atoms with Crippen molar-refractivity contribution in [3.05, 3.63) is 31.7 Å². The van der Waals surface area contributed by atoms with E-state index in [4.69, 9.17) is 4.98 Å². The standard InChI is InChI=1S/C17H27N5S2.HI/c1-7-18-16(20-9-15-21-11(2)12(3)24-15)19-8-14-22-13(10-23-14)17(4,5)6;/h10H,7-9H2,1-6H3,(H2,18,19,20);1H. The number of nitrogens with zero attached hydrogens (tertiary/aromatic N) is 3. The van der Waals surface area contributed by atoms with Gasteiger partial charge in [0.15, 0.2) is 5.96 Å². The van der Waals surface area contributed by atoms with Crippen LogP contribution in [-0.2, 0) is 18.5 Å². The van der Waals surface area contributed by atoms with Crippen LogP contribution in [0.3, 0.4) is 0 Å². The molecule has 2 aromatic rings. The Kier molecular flexibility index (Phi) is 8.76. The van der Waals surface area contributed by atoms with Crippen molar-refractivity contribution >= 4 is 52.6 Å². The SMILES string of the molecule is CCNC(=NCc1nc(C)c(C)s1)NCc1nc(C(C)(C)C)cs1.I. The molecular formula is C17H28IN5S2. The minimum Gasteiger partial charge on any atom is -0.357 e. The molecule has 2 rings (SSSR count). The summed E-state index contributed by atoms with van der Waals surface area (Å²) in [4.78, 5) is 15.1. The molecular weight excluding hydrogens is 465 g/mol. The highest BCUT2D eigenvalue weighted by atomic mass is 127. The third kappa shape index (κ3) is 6.82. The van der Waals surface area contributed by atoms with E-state index in [-0.39, 0.29) is 29.4 Å². The average Bonchev–Trinajstić information content (AvgIpc) is 3.09. The van der Waals surface area contributed by atoms with E-state index in [0.717, 1.165) is 33.9 Å². The van der Waals surface area contributed by atoms with Crippen molar-refractivity contribution in [1.29, 1.82) is 0 Å². The van der Waals surface area contributed by atoms with Gasteiger partial charge in [-0.25, -0.2) is 15.0 Å². The number of halogens is 1. The van der Waals surface area contributed by atoms with Crippen molar-refractivity contribution in [3.8, 4) is 0 Å². The Morgan fingerprint density at radius 1 is 1.16 bits per heavy atom. The molecule has 0 aliphatic carbocycles. The lowest BCUT2D eigenvalue weighted by Crippen LogP contribution is -2.36. The number of guanidine groups is 1. The summed E-state index contributed by atoms with van der Waals surface area (Å²) in [6.07, 6.45) is 0. The van der Waals surface area contributed by atoms with Crippen LogP contribution in [0.2, 0.25) is 0 Å². The Hall–Kier alpha value is -0.740. The third-order valence-electron chi connectivity index (χ3n) is 3.52. The summed E-state index contributed by atoms with van der Waals surface area (Å²) in [5.74, 6) is 0.801. The number of hydrogen-bond donors (Lipinski definition) is 2. The van der Waals surface area contributed by atoms with Crippen LogP contribution in [-0.4, -0.2) is 22.5 Å². The van der Waals surface area contributed by atoms with Crippen LogP contribution in [0.1, 0.15) is 54.0 Å². The van der Waals surface area contributed by atoms with Gasteiger partial charge >= 0.3 is 0 Å². The molecule has 0 aliphatic rings. The quantitative estimate of drug-likeness (QED) is 0.369. The van der Waals surface area contributed by atoms with E-state index in [1.807, 2.05) is 6.92 Å². The van der Waals surface area contributed by atoms with Gasteiger partial charge in [0.25, 0.3) is 0 Å². The Morgan fingerprint density at radius 3 is 2.40 bits per heavy atom. The van der Waals surface area contributed by atoms with Gasteiger partial charge in [0.1, 0.15) is 10.0 Å². The van der Waals surface area contributed by atoms with Crippen LogP contribution in [0.25, 0.3) is 0 Å². The van der Waals surface area contributed by atoms with E-state index >= 15 is 0 Å². The van der Waals surface area contributed by atoms with Crippen molar-refractivity contribution < 1.29 is 0 Å². The molecule has 2 aromatic heterocycles. The highest BCUT2D eigenvalue weighted by Gasteiger charge is 2.17. The molecule has 0 radical (unpaired) electrons. The molecule has 0 aliphatic heterocycles. The zero-order chi connectivity index (χ0) is 17.7. The number of thiazole rings is 2. The van der Waals surface area contributed by atoms with E-state index in [1.165, 1.54) is 4.88 Å². The van der Waals surface area contributed by atoms with E-state index < -0.39 is 0 Å². The lowest BCUT2D eigenvalue weighted by molar-refractivity contribution is 0.570. The minimum atomic E-state index is 0. The maximum atomic E-state index is 4.71. The smallest absolute Gasteiger partial charge is 0.192 e. The van der Waals surface area contributed by atoms with Gasteiger partial charge in [-0.2, -0.15) is 0 Å². The lowest BCUT2D eigenvalue weighted by atomic mass is 9.93. The first-order valence-corrected chi connectivity index (χ1v) is 9.89. The Morgan fingerprint density at radius 2 is 1.88 bits per heavy atom. The minimum absolute atomic E-state index is 0. The largest absolute Gasteiger partial charge is 0.357 e. The lowest BCUT2D eigenvalue weighted by Gasteiger charge is -2.14. The average molecular weight is 493 g/mol. The molecule has 140 valence electrons. The fraction of sp³-hybridized carbons (Fsp3) is 0.588. The van der Waals surface area contributed by atoms with Gasteiger partial charge in [-0.3, -0.25) is 0 Å². The van der Waals surface area contributed by atoms with Gasteiger partial charge in [-0.1, -0.05) is 20.8 Å². The monoisotopic (exact) mass is 493 g/mol. The second-order valence-electron chi connectivity index (χ2n) is 6.67. The van der Waals surface area contributed by atoms with Crippen LogP contribution in [0.15, 0.2) is 10.4 Å². The maximum absolute atomic E-state index is 4.71. The zero-order valence-electron chi connectivity index (χ0n) is 15.8. The molecule has 0 bridgehead atoms. The normalized spacial score (nSPS) is 12.0. The van der Waals surface area contributed by atoms with Crippen molar-refractivity contribution in [2.45, 2.75) is 60.0 Å². The predicted octanol–water partition coefficient (Wildman–Crippen LogP) is 4.39. The first kappa shape index (κ1) is 22.3. The van der Waals surface area contributed by atoms with Crippen molar-refractivity contribution in [2.75, 3.05) is 6.54 Å². The number of nitrogens with one attached hydrogen (secondary N) is 2. The van der Waals surface area contributed by atoms with Gasteiger partial charge in [0, 0.05) is 22.2 Å². The zero-order valence-corrected chi connectivity index (χ0v) is 19.7. The van der Waals surface area contributed by atoms with Crippen molar-refractivity contribution in [2.24, 2.45) is 4.99 Å². The molecule has 0 atom stereocenters. The summed E-state index contributed by atoms with van der Waals surface area (Å²) in [5.41, 5.74) is 2.33. The topological polar surface area (TPSA) is 62.2 Å². The third-order valence-corrected chi connectivity index (χ3v) is 5.42. The molecule has 0 aromatic carbocycles. The van der Waals surface area contributed by atoms with Gasteiger partial charge < -0.3 is 10.6 Å². The number of hydrogen-bond acceptors (Lipinski definition) is 5. The van der Waals surface area contributed by atoms with Crippen LogP contribution in [0.5, 0.6) is 0 Å². The van der Waals surface area contributed by atoms with Crippen LogP contribution >= 0.6 is 46.7 Å². The molecule has 0 amide bonds. The van der Waals surface area contributed by atoms with Gasteiger partial charge in [0.05, 0.1) is 24.5 Å². The van der Waals surface area contributed by atoms with E-state index in [0.29, 0.717) is 13.1 Å². The second kappa shape index (κ2) is 9.82. The molecule has 25 heavy (non-hydrogen) atoms. The van der Waals surface area contributed by atoms with Crippen LogP contribution in [0.4, 0.5) is 0 Å².